The highest BCUT2D eigenvalue weighted by atomic mass is 16.5. The van der Waals surface area contributed by atoms with Crippen LogP contribution in [-0.4, -0.2) is 37.0 Å². The molecule has 0 atom stereocenters. The van der Waals surface area contributed by atoms with Crippen molar-refractivity contribution in [1.29, 1.82) is 0 Å². The fourth-order valence-electron chi connectivity index (χ4n) is 4.59. The summed E-state index contributed by atoms with van der Waals surface area (Å²) in [4.78, 5) is 53.3. The number of amides is 2. The van der Waals surface area contributed by atoms with Gasteiger partial charge in [0.2, 0.25) is 0 Å². The van der Waals surface area contributed by atoms with E-state index in [0.29, 0.717) is 34.4 Å². The summed E-state index contributed by atoms with van der Waals surface area (Å²) >= 11 is 0. The van der Waals surface area contributed by atoms with Gasteiger partial charge in [0.1, 0.15) is 23.0 Å². The van der Waals surface area contributed by atoms with Crippen molar-refractivity contribution in [2.24, 2.45) is 0 Å². The van der Waals surface area contributed by atoms with Crippen molar-refractivity contribution in [2.45, 2.75) is 13.8 Å². The minimum absolute atomic E-state index is 0.0176. The quantitative estimate of drug-likeness (QED) is 0.130. The van der Waals surface area contributed by atoms with Gasteiger partial charge in [0.25, 0.3) is 11.8 Å². The predicted octanol–water partition coefficient (Wildman–Crippen LogP) is 8.13. The highest BCUT2D eigenvalue weighted by Crippen LogP contribution is 2.27. The van der Waals surface area contributed by atoms with Crippen molar-refractivity contribution in [1.82, 2.24) is 0 Å². The number of esters is 2. The van der Waals surface area contributed by atoms with Crippen LogP contribution in [0.4, 0.5) is 11.4 Å². The van der Waals surface area contributed by atoms with Crippen LogP contribution in [-0.2, 0) is 9.47 Å². The normalized spacial score (nSPS) is 10.4. The topological polar surface area (TPSA) is 129 Å². The lowest BCUT2D eigenvalue weighted by Gasteiger charge is -2.16. The number of para-hydroxylation sites is 2. The van der Waals surface area contributed by atoms with Gasteiger partial charge in [0.15, 0.2) is 0 Å². The van der Waals surface area contributed by atoms with Crippen molar-refractivity contribution in [3.63, 3.8) is 0 Å². The zero-order chi connectivity index (χ0) is 33.9. The maximum absolute atomic E-state index is 13.6. The van der Waals surface area contributed by atoms with Crippen molar-refractivity contribution < 1.29 is 38.1 Å². The third-order valence-corrected chi connectivity index (χ3v) is 6.82. The molecule has 5 aromatic carbocycles. The van der Waals surface area contributed by atoms with Gasteiger partial charge in [0, 0.05) is 11.4 Å². The van der Waals surface area contributed by atoms with Crippen LogP contribution < -0.4 is 20.1 Å². The van der Waals surface area contributed by atoms with Gasteiger partial charge in [-0.3, -0.25) is 9.59 Å². The second-order valence-electron chi connectivity index (χ2n) is 10.2. The average molecular weight is 645 g/mol. The molecule has 0 bridgehead atoms. The summed E-state index contributed by atoms with van der Waals surface area (Å²) in [6, 6.07) is 34.0. The van der Waals surface area contributed by atoms with E-state index in [1.54, 1.807) is 62.4 Å². The second-order valence-corrected chi connectivity index (χ2v) is 10.2. The minimum Gasteiger partial charge on any atom is -0.462 e. The first-order valence-corrected chi connectivity index (χ1v) is 15.2. The molecule has 0 saturated carbocycles. The smallest absolute Gasteiger partial charge is 0.338 e. The molecule has 0 aliphatic heterocycles. The van der Waals surface area contributed by atoms with Crippen molar-refractivity contribution in [3.05, 3.63) is 144 Å². The van der Waals surface area contributed by atoms with E-state index in [4.69, 9.17) is 18.9 Å². The van der Waals surface area contributed by atoms with Gasteiger partial charge in [-0.05, 0) is 98.8 Å². The molecule has 10 nitrogen and oxygen atoms in total. The second kappa shape index (κ2) is 15.7. The standard InChI is InChI=1S/C38H32N2O8/c1-3-45-37(43)33-24-34(38(44)46-4-2)32(36(42)40-26-17-21-30(22-18-26)48-28-13-9-6-10-14-28)23-31(33)35(41)39-25-15-19-29(20-16-25)47-27-11-7-5-8-12-27/h5-24H,3-4H2,1-2H3,(H,39,41)(H,40,42). The fraction of sp³-hybridized carbons (Fsp3) is 0.105. The number of carbonyl (C=O) groups is 4. The molecule has 0 saturated heterocycles. The summed E-state index contributed by atoms with van der Waals surface area (Å²) in [5.41, 5.74) is 0.0218. The SMILES string of the molecule is CCOC(=O)c1cc(C(=O)OCC)c(C(=O)Nc2ccc(Oc3ccccc3)cc2)cc1C(=O)Nc1ccc(Oc2ccccc2)cc1. The molecule has 0 heterocycles. The maximum Gasteiger partial charge on any atom is 0.338 e. The lowest BCUT2D eigenvalue weighted by atomic mass is 9.96. The number of hydrogen-bond acceptors (Lipinski definition) is 8. The van der Waals surface area contributed by atoms with Crippen molar-refractivity contribution in [3.8, 4) is 23.0 Å². The molecule has 5 aromatic rings. The van der Waals surface area contributed by atoms with E-state index in [9.17, 15) is 19.2 Å². The molecule has 2 amide bonds. The van der Waals surface area contributed by atoms with Gasteiger partial charge in [-0.2, -0.15) is 0 Å². The predicted molar refractivity (Wildman–Crippen MR) is 180 cm³/mol. The van der Waals surface area contributed by atoms with E-state index in [1.165, 1.54) is 6.07 Å². The first-order chi connectivity index (χ1) is 23.3. The first kappa shape index (κ1) is 33.0. The van der Waals surface area contributed by atoms with E-state index in [-0.39, 0.29) is 35.5 Å². The fourth-order valence-corrected chi connectivity index (χ4v) is 4.59. The van der Waals surface area contributed by atoms with Crippen LogP contribution in [0, 0.1) is 0 Å². The molecule has 0 aromatic heterocycles. The van der Waals surface area contributed by atoms with Crippen molar-refractivity contribution in [2.75, 3.05) is 23.8 Å². The van der Waals surface area contributed by atoms with Crippen LogP contribution in [0.1, 0.15) is 55.3 Å². The molecular formula is C38H32N2O8. The molecule has 10 heteroatoms. The number of nitrogens with one attached hydrogen (secondary N) is 2. The highest BCUT2D eigenvalue weighted by molar-refractivity contribution is 6.17. The Bertz CT molecular complexity index is 1760. The average Bonchev–Trinajstić information content (AvgIpc) is 3.10. The summed E-state index contributed by atoms with van der Waals surface area (Å²) in [7, 11) is 0. The van der Waals surface area contributed by atoms with E-state index in [2.05, 4.69) is 10.6 Å². The van der Waals surface area contributed by atoms with Gasteiger partial charge in [-0.15, -0.1) is 0 Å². The van der Waals surface area contributed by atoms with Gasteiger partial charge >= 0.3 is 11.9 Å². The van der Waals surface area contributed by atoms with Crippen LogP contribution in [0.5, 0.6) is 23.0 Å². The molecule has 0 aliphatic rings. The van der Waals surface area contributed by atoms with E-state index >= 15 is 0 Å². The van der Waals surface area contributed by atoms with Crippen LogP contribution in [0.15, 0.2) is 121 Å². The number of rotatable bonds is 12. The van der Waals surface area contributed by atoms with E-state index < -0.39 is 23.8 Å². The molecule has 5 rings (SSSR count). The number of hydrogen-bond donors (Lipinski definition) is 2. The number of carbonyl (C=O) groups excluding carboxylic acids is 4. The largest absolute Gasteiger partial charge is 0.462 e. The lowest BCUT2D eigenvalue weighted by molar-refractivity contribution is 0.0520. The Hall–Kier alpha value is -6.42. The minimum atomic E-state index is -0.847. The van der Waals surface area contributed by atoms with Crippen LogP contribution in [0.2, 0.25) is 0 Å². The Morgan fingerprint density at radius 1 is 0.458 bits per heavy atom. The van der Waals surface area contributed by atoms with Gasteiger partial charge in [0.05, 0.1) is 35.5 Å². The molecule has 0 spiro atoms. The molecular weight excluding hydrogens is 612 g/mol. The Kier molecular flexibility index (Phi) is 10.8. The Morgan fingerprint density at radius 3 is 1.15 bits per heavy atom. The maximum atomic E-state index is 13.6. The summed E-state index contributed by atoms with van der Waals surface area (Å²) in [6.45, 7) is 3.26. The summed E-state index contributed by atoms with van der Waals surface area (Å²) in [6.07, 6.45) is 0. The Labute approximate surface area is 277 Å². The first-order valence-electron chi connectivity index (χ1n) is 15.2. The summed E-state index contributed by atoms with van der Waals surface area (Å²) in [5, 5.41) is 5.48. The van der Waals surface area contributed by atoms with Gasteiger partial charge in [-0.25, -0.2) is 9.59 Å². The lowest BCUT2D eigenvalue weighted by Crippen LogP contribution is -2.23. The summed E-state index contributed by atoms with van der Waals surface area (Å²) < 4.78 is 22.0. The molecule has 48 heavy (non-hydrogen) atoms. The molecule has 0 fully saturated rings. The zero-order valence-corrected chi connectivity index (χ0v) is 26.2. The van der Waals surface area contributed by atoms with Crippen LogP contribution in [0.25, 0.3) is 0 Å². The number of benzene rings is 5. The monoisotopic (exact) mass is 644 g/mol. The Morgan fingerprint density at radius 2 is 0.792 bits per heavy atom. The van der Waals surface area contributed by atoms with Crippen molar-refractivity contribution >= 4 is 35.1 Å². The Balaban J connectivity index is 1.42. The van der Waals surface area contributed by atoms with Gasteiger partial charge < -0.3 is 29.6 Å². The zero-order valence-electron chi connectivity index (χ0n) is 26.2. The molecule has 0 aliphatic carbocycles. The third-order valence-electron chi connectivity index (χ3n) is 6.82. The van der Waals surface area contributed by atoms with Gasteiger partial charge in [-0.1, -0.05) is 36.4 Å². The molecule has 0 radical (unpaired) electrons. The van der Waals surface area contributed by atoms with E-state index in [0.717, 1.165) is 6.07 Å². The molecule has 2 N–H and O–H groups in total. The third kappa shape index (κ3) is 8.43. The van der Waals surface area contributed by atoms with Crippen LogP contribution >= 0.6 is 0 Å². The highest BCUT2D eigenvalue weighted by Gasteiger charge is 2.27. The van der Waals surface area contributed by atoms with Crippen LogP contribution in [0.3, 0.4) is 0 Å². The summed E-state index contributed by atoms with van der Waals surface area (Å²) in [5.74, 6) is -0.716. The number of ether oxygens (including phenoxy) is 4. The molecule has 0 unspecified atom stereocenters. The van der Waals surface area contributed by atoms with E-state index in [1.807, 2.05) is 60.7 Å². The number of anilines is 2. The molecule has 242 valence electrons.